The number of hydrogen-bond donors (Lipinski definition) is 0. The third-order valence-electron chi connectivity index (χ3n) is 15.4. The summed E-state index contributed by atoms with van der Waals surface area (Å²) < 4.78 is 0. The van der Waals surface area contributed by atoms with Crippen molar-refractivity contribution in [2.75, 3.05) is 9.80 Å². The molecule has 0 bridgehead atoms. The van der Waals surface area contributed by atoms with Crippen LogP contribution in [0.1, 0.15) is 55.5 Å². The summed E-state index contributed by atoms with van der Waals surface area (Å²) in [5.41, 5.74) is 24.1. The van der Waals surface area contributed by atoms with E-state index in [1.807, 2.05) is 0 Å². The number of anilines is 6. The van der Waals surface area contributed by atoms with Crippen LogP contribution in [-0.2, 0) is 10.8 Å². The van der Waals surface area contributed by atoms with Crippen molar-refractivity contribution in [2.24, 2.45) is 0 Å². The zero-order valence-electron chi connectivity index (χ0n) is 35.1. The molecule has 0 amide bonds. The van der Waals surface area contributed by atoms with Crippen LogP contribution in [0.4, 0.5) is 34.1 Å². The van der Waals surface area contributed by atoms with Crippen LogP contribution in [0.25, 0.3) is 22.3 Å². The lowest BCUT2D eigenvalue weighted by Gasteiger charge is -2.50. The van der Waals surface area contributed by atoms with Gasteiger partial charge >= 0.3 is 0 Å². The first-order valence-electron chi connectivity index (χ1n) is 21.6. The van der Waals surface area contributed by atoms with Crippen LogP contribution in [0.2, 0.25) is 6.55 Å². The van der Waals surface area contributed by atoms with Gasteiger partial charge in [0.05, 0.1) is 0 Å². The Balaban J connectivity index is 1.12. The summed E-state index contributed by atoms with van der Waals surface area (Å²) in [6.07, 6.45) is 0. The predicted molar refractivity (Wildman–Crippen MR) is 257 cm³/mol. The van der Waals surface area contributed by atoms with Gasteiger partial charge in [-0.05, 0) is 127 Å². The van der Waals surface area contributed by atoms with Crippen LogP contribution >= 0.6 is 0 Å². The molecule has 0 N–H and O–H groups in total. The predicted octanol–water partition coefficient (Wildman–Crippen LogP) is 10.1. The quantitative estimate of drug-likeness (QED) is 0.165. The molecule has 8 aromatic carbocycles. The number of hydrogen-bond acceptors (Lipinski definition) is 2. The molecule has 286 valence electrons. The number of fused-ring (bicyclic) bond motifs is 6. The first-order chi connectivity index (χ1) is 29.1. The van der Waals surface area contributed by atoms with Crippen molar-refractivity contribution >= 4 is 80.9 Å². The van der Waals surface area contributed by atoms with Crippen LogP contribution in [0.3, 0.4) is 0 Å². The molecule has 0 radical (unpaired) electrons. The fourth-order valence-corrected chi connectivity index (χ4v) is 16.8. The van der Waals surface area contributed by atoms with E-state index in [0.29, 0.717) is 0 Å². The van der Waals surface area contributed by atoms with Crippen molar-refractivity contribution < 1.29 is 0 Å². The summed E-state index contributed by atoms with van der Waals surface area (Å²) in [7, 11) is -2.52. The summed E-state index contributed by atoms with van der Waals surface area (Å²) >= 11 is 0. The van der Waals surface area contributed by atoms with Gasteiger partial charge in [-0.2, -0.15) is 0 Å². The summed E-state index contributed by atoms with van der Waals surface area (Å²) in [6, 6.07) is 63.5. The van der Waals surface area contributed by atoms with Gasteiger partial charge in [-0.3, -0.25) is 0 Å². The van der Waals surface area contributed by atoms with Crippen LogP contribution in [0.15, 0.2) is 164 Å². The van der Waals surface area contributed by atoms with E-state index in [9.17, 15) is 0 Å². The Labute approximate surface area is 354 Å². The molecule has 13 rings (SSSR count). The highest BCUT2D eigenvalue weighted by atomic mass is 28.3. The minimum atomic E-state index is -2.52. The molecule has 5 aliphatic rings. The average Bonchev–Trinajstić information content (AvgIpc) is 3.64. The molecule has 0 atom stereocenters. The molecule has 3 aliphatic heterocycles. The van der Waals surface area contributed by atoms with E-state index in [1.54, 1.807) is 0 Å². The molecule has 2 nitrogen and oxygen atoms in total. The maximum Gasteiger partial charge on any atom is 0.251 e. The van der Waals surface area contributed by atoms with Gasteiger partial charge in [0.1, 0.15) is 8.07 Å². The zero-order valence-corrected chi connectivity index (χ0v) is 36.1. The molecule has 0 spiro atoms. The van der Waals surface area contributed by atoms with Crippen LogP contribution < -0.4 is 41.7 Å². The Morgan fingerprint density at radius 1 is 0.417 bits per heavy atom. The zero-order chi connectivity index (χ0) is 40.4. The molecule has 0 aromatic heterocycles. The maximum absolute atomic E-state index is 2.64. The number of rotatable bonds is 3. The fraction of sp³-hybridized carbons (Fsp3) is 0.143. The molecular weight excluding hydrogens is 740 g/mol. The van der Waals surface area contributed by atoms with Crippen molar-refractivity contribution in [3.05, 3.63) is 192 Å². The second-order valence-electron chi connectivity index (χ2n) is 19.1. The lowest BCUT2D eigenvalue weighted by molar-refractivity contribution is 0.660. The normalized spacial score (nSPS) is 16.8. The lowest BCUT2D eigenvalue weighted by Crippen LogP contribution is -2.83. The third-order valence-corrected chi connectivity index (χ3v) is 19.9. The van der Waals surface area contributed by atoms with Gasteiger partial charge in [0.15, 0.2) is 0 Å². The molecule has 60 heavy (non-hydrogen) atoms. The van der Waals surface area contributed by atoms with Crippen molar-refractivity contribution in [1.29, 1.82) is 0 Å². The third kappa shape index (κ3) is 4.10. The van der Waals surface area contributed by atoms with Crippen molar-refractivity contribution in [1.82, 2.24) is 0 Å². The molecule has 4 heteroatoms. The first kappa shape index (κ1) is 34.5. The summed E-state index contributed by atoms with van der Waals surface area (Å²) in [6.45, 7) is 14.6. The van der Waals surface area contributed by atoms with Gasteiger partial charge in [0, 0.05) is 45.0 Å². The van der Waals surface area contributed by atoms with Gasteiger partial charge in [-0.15, -0.1) is 0 Å². The molecule has 3 heterocycles. The van der Waals surface area contributed by atoms with E-state index in [2.05, 4.69) is 215 Å². The van der Waals surface area contributed by atoms with Gasteiger partial charge in [-0.1, -0.05) is 160 Å². The number of nitrogens with zero attached hydrogens (tertiary/aromatic N) is 2. The second-order valence-corrected chi connectivity index (χ2v) is 23.0. The Kier molecular flexibility index (Phi) is 6.59. The molecule has 0 fully saturated rings. The van der Waals surface area contributed by atoms with Crippen molar-refractivity contribution in [3.63, 3.8) is 0 Å². The fourth-order valence-electron chi connectivity index (χ4n) is 12.5. The Hall–Kier alpha value is -6.36. The van der Waals surface area contributed by atoms with Crippen molar-refractivity contribution in [3.8, 4) is 22.3 Å². The summed E-state index contributed by atoms with van der Waals surface area (Å²) in [5, 5.41) is 4.52. The minimum absolute atomic E-state index is 0.104. The molecule has 0 saturated heterocycles. The van der Waals surface area contributed by atoms with E-state index < -0.39 is 8.07 Å². The first-order valence-corrected chi connectivity index (χ1v) is 24.1. The van der Waals surface area contributed by atoms with Crippen LogP contribution in [0.5, 0.6) is 0 Å². The van der Waals surface area contributed by atoms with E-state index >= 15 is 0 Å². The molecule has 2 aliphatic carbocycles. The van der Waals surface area contributed by atoms with Crippen LogP contribution in [-0.4, -0.2) is 14.8 Å². The van der Waals surface area contributed by atoms with Gasteiger partial charge < -0.3 is 9.80 Å². The van der Waals surface area contributed by atoms with Gasteiger partial charge in [0.2, 0.25) is 0 Å². The summed E-state index contributed by atoms with van der Waals surface area (Å²) in [5.74, 6) is 0. The van der Waals surface area contributed by atoms with Gasteiger partial charge in [0.25, 0.3) is 6.71 Å². The Bertz CT molecular complexity index is 3030. The highest BCUT2D eigenvalue weighted by Crippen LogP contribution is 2.53. The van der Waals surface area contributed by atoms with E-state index in [4.69, 9.17) is 0 Å². The number of aryl methyl sites for hydroxylation is 1. The molecule has 0 unspecified atom stereocenters. The van der Waals surface area contributed by atoms with E-state index in [-0.39, 0.29) is 17.5 Å². The number of benzene rings is 8. The SMILES string of the molecule is Cc1cc2c3c(c1)N(c1ccc4c(c1)C(C)(C)c1ccccc1-4)c1cccc4c1B3c1c(cccc1[Si]4(C)c1ccccc1)N2c1ccc2c(c1)C(C)(C)c1ccccc1-2. The average molecular weight is 785 g/mol. The summed E-state index contributed by atoms with van der Waals surface area (Å²) in [4.78, 5) is 5.28. The molecule has 0 saturated carbocycles. The second kappa shape index (κ2) is 11.5. The largest absolute Gasteiger partial charge is 0.311 e. The standard InChI is InChI=1S/C56H45BN2Si/c1-34-30-48-52-49(31-34)59(36-27-29-41-39-19-11-13-21-43(39)56(4,5)45(41)33-36)47-23-15-25-51-54(47)57(52)53-46(22-14-24-50(53)60(51,6)37-16-8-7-9-17-37)58(48)35-26-28-40-38-18-10-12-20-42(38)55(2,3)44(40)32-35/h7-33H,1-6H3. The smallest absolute Gasteiger partial charge is 0.251 e. The highest BCUT2D eigenvalue weighted by molar-refractivity contribution is 7.21. The van der Waals surface area contributed by atoms with E-state index in [0.717, 1.165) is 0 Å². The van der Waals surface area contributed by atoms with E-state index in [1.165, 1.54) is 116 Å². The van der Waals surface area contributed by atoms with Gasteiger partial charge in [-0.25, -0.2) is 0 Å². The maximum atomic E-state index is 2.64. The van der Waals surface area contributed by atoms with Crippen LogP contribution in [0, 0.1) is 6.92 Å². The Morgan fingerprint density at radius 2 is 0.867 bits per heavy atom. The minimum Gasteiger partial charge on any atom is -0.311 e. The Morgan fingerprint density at radius 3 is 1.37 bits per heavy atom. The lowest BCUT2D eigenvalue weighted by atomic mass is 9.33. The topological polar surface area (TPSA) is 6.48 Å². The highest BCUT2D eigenvalue weighted by Gasteiger charge is 2.54. The van der Waals surface area contributed by atoms with Crippen molar-refractivity contribution in [2.45, 2.75) is 52.0 Å². The monoisotopic (exact) mass is 784 g/mol. The molecule has 8 aromatic rings. The molecular formula is C56H45BN2Si.